The van der Waals surface area contributed by atoms with Crippen molar-refractivity contribution < 1.29 is 22.6 Å². The Balaban J connectivity index is 1.47. The summed E-state index contributed by atoms with van der Waals surface area (Å²) in [4.78, 5) is 6.80. The second-order valence-electron chi connectivity index (χ2n) is 6.90. The average Bonchev–Trinajstić information content (AvgIpc) is 3.29. The minimum atomic E-state index is -4.71. The van der Waals surface area contributed by atoms with Gasteiger partial charge in [0.05, 0.1) is 18.4 Å². The summed E-state index contributed by atoms with van der Waals surface area (Å²) < 4.78 is 48.4. The van der Waals surface area contributed by atoms with Crippen LogP contribution in [0.4, 0.5) is 24.7 Å². The summed E-state index contributed by atoms with van der Waals surface area (Å²) in [6.45, 7) is 2.88. The first-order chi connectivity index (χ1) is 13.9. The van der Waals surface area contributed by atoms with Gasteiger partial charge in [0.25, 0.3) is 0 Å². The number of hydrogen-bond donors (Lipinski definition) is 1. The fourth-order valence-corrected chi connectivity index (χ4v) is 3.57. The Bertz CT molecular complexity index is 980. The van der Waals surface area contributed by atoms with Crippen LogP contribution in [0.15, 0.2) is 42.6 Å². The topological polar surface area (TPSA) is 65.5 Å². The average molecular weight is 406 g/mol. The van der Waals surface area contributed by atoms with E-state index in [0.29, 0.717) is 24.6 Å². The zero-order valence-corrected chi connectivity index (χ0v) is 15.7. The van der Waals surface area contributed by atoms with Gasteiger partial charge in [-0.25, -0.2) is 4.98 Å². The quantitative estimate of drug-likeness (QED) is 0.665. The van der Waals surface area contributed by atoms with Crippen molar-refractivity contribution in [1.29, 1.82) is 0 Å². The Morgan fingerprint density at radius 2 is 1.72 bits per heavy atom. The Kier molecular flexibility index (Phi) is 5.12. The number of halogens is 3. The number of nitrogens with two attached hydrogens (primary N) is 1. The molecule has 4 rings (SSSR count). The van der Waals surface area contributed by atoms with Crippen molar-refractivity contribution in [1.82, 2.24) is 9.55 Å². The SMILES string of the molecule is Nc1cnc2c(c1)cc(N1CCCC1)n2CCOc1ccc(OC(F)(F)F)cc1. The molecule has 0 atom stereocenters. The summed E-state index contributed by atoms with van der Waals surface area (Å²) >= 11 is 0. The van der Waals surface area contributed by atoms with Gasteiger partial charge < -0.3 is 24.7 Å². The van der Waals surface area contributed by atoms with Gasteiger partial charge in [-0.1, -0.05) is 0 Å². The van der Waals surface area contributed by atoms with Gasteiger partial charge in [0, 0.05) is 18.5 Å². The number of anilines is 2. The van der Waals surface area contributed by atoms with Gasteiger partial charge in [0.2, 0.25) is 0 Å². The van der Waals surface area contributed by atoms with E-state index in [4.69, 9.17) is 10.5 Å². The third-order valence-corrected chi connectivity index (χ3v) is 4.80. The Morgan fingerprint density at radius 3 is 2.41 bits per heavy atom. The van der Waals surface area contributed by atoms with Crippen molar-refractivity contribution in [3.05, 3.63) is 42.6 Å². The van der Waals surface area contributed by atoms with E-state index in [1.165, 1.54) is 24.3 Å². The van der Waals surface area contributed by atoms with Crippen molar-refractivity contribution >= 4 is 22.5 Å². The van der Waals surface area contributed by atoms with E-state index in [0.717, 1.165) is 42.8 Å². The molecule has 1 aliphatic heterocycles. The number of rotatable bonds is 6. The molecule has 154 valence electrons. The molecule has 0 aliphatic carbocycles. The number of aromatic nitrogens is 2. The first-order valence-corrected chi connectivity index (χ1v) is 9.37. The van der Waals surface area contributed by atoms with Crippen molar-refractivity contribution in [2.24, 2.45) is 0 Å². The largest absolute Gasteiger partial charge is 0.573 e. The minimum absolute atomic E-state index is 0.278. The van der Waals surface area contributed by atoms with E-state index in [1.54, 1.807) is 6.20 Å². The van der Waals surface area contributed by atoms with Gasteiger partial charge in [-0.05, 0) is 49.2 Å². The molecule has 0 spiro atoms. The molecule has 1 aliphatic rings. The van der Waals surface area contributed by atoms with Crippen LogP contribution in [0.2, 0.25) is 0 Å². The van der Waals surface area contributed by atoms with E-state index >= 15 is 0 Å². The highest BCUT2D eigenvalue weighted by Crippen LogP contribution is 2.29. The monoisotopic (exact) mass is 406 g/mol. The Hall–Kier alpha value is -3.10. The molecule has 3 aromatic rings. The lowest BCUT2D eigenvalue weighted by Crippen LogP contribution is -2.22. The fraction of sp³-hybridized carbons (Fsp3) is 0.350. The summed E-state index contributed by atoms with van der Waals surface area (Å²) in [7, 11) is 0. The Labute approximate surface area is 165 Å². The molecule has 0 bridgehead atoms. The molecule has 1 fully saturated rings. The third-order valence-electron chi connectivity index (χ3n) is 4.80. The second-order valence-corrected chi connectivity index (χ2v) is 6.90. The Morgan fingerprint density at radius 1 is 1.03 bits per heavy atom. The van der Waals surface area contributed by atoms with Crippen LogP contribution in [-0.2, 0) is 6.54 Å². The molecule has 0 radical (unpaired) electrons. The predicted molar refractivity (Wildman–Crippen MR) is 104 cm³/mol. The maximum atomic E-state index is 12.2. The number of benzene rings is 1. The minimum Gasteiger partial charge on any atom is -0.492 e. The number of alkyl halides is 3. The number of nitrogens with zero attached hydrogens (tertiary/aromatic N) is 3. The summed E-state index contributed by atoms with van der Waals surface area (Å²) in [5.74, 6) is 1.27. The van der Waals surface area contributed by atoms with Gasteiger partial charge >= 0.3 is 6.36 Å². The van der Waals surface area contributed by atoms with Gasteiger partial charge in [-0.15, -0.1) is 13.2 Å². The van der Waals surface area contributed by atoms with Crippen LogP contribution >= 0.6 is 0 Å². The molecule has 29 heavy (non-hydrogen) atoms. The van der Waals surface area contributed by atoms with E-state index in [9.17, 15) is 13.2 Å². The molecule has 2 aromatic heterocycles. The highest BCUT2D eigenvalue weighted by Gasteiger charge is 2.31. The van der Waals surface area contributed by atoms with Gasteiger partial charge in [-0.2, -0.15) is 0 Å². The first-order valence-electron chi connectivity index (χ1n) is 9.37. The van der Waals surface area contributed by atoms with Crippen LogP contribution in [0.1, 0.15) is 12.8 Å². The lowest BCUT2D eigenvalue weighted by Gasteiger charge is -2.20. The molecule has 6 nitrogen and oxygen atoms in total. The van der Waals surface area contributed by atoms with Crippen molar-refractivity contribution in [2.45, 2.75) is 25.7 Å². The highest BCUT2D eigenvalue weighted by molar-refractivity contribution is 5.84. The van der Waals surface area contributed by atoms with Crippen LogP contribution < -0.4 is 20.1 Å². The maximum absolute atomic E-state index is 12.2. The van der Waals surface area contributed by atoms with E-state index in [2.05, 4.69) is 25.3 Å². The van der Waals surface area contributed by atoms with Crippen LogP contribution in [0, 0.1) is 0 Å². The van der Waals surface area contributed by atoms with Crippen molar-refractivity contribution in [3.63, 3.8) is 0 Å². The number of pyridine rings is 1. The molecule has 3 heterocycles. The highest BCUT2D eigenvalue weighted by atomic mass is 19.4. The van der Waals surface area contributed by atoms with Gasteiger partial charge in [0.15, 0.2) is 0 Å². The first kappa shape index (κ1) is 19.2. The number of nitrogen functional groups attached to an aromatic ring is 1. The normalized spacial score (nSPS) is 14.5. The molecular formula is C20H21F3N4O2. The number of fused-ring (bicyclic) bond motifs is 1. The van der Waals surface area contributed by atoms with Crippen LogP contribution in [0.25, 0.3) is 11.0 Å². The van der Waals surface area contributed by atoms with E-state index in [1.807, 2.05) is 6.07 Å². The lowest BCUT2D eigenvalue weighted by atomic mass is 10.3. The lowest BCUT2D eigenvalue weighted by molar-refractivity contribution is -0.274. The third kappa shape index (κ3) is 4.49. The molecule has 0 amide bonds. The van der Waals surface area contributed by atoms with E-state index < -0.39 is 6.36 Å². The fourth-order valence-electron chi connectivity index (χ4n) is 3.57. The van der Waals surface area contributed by atoms with Gasteiger partial charge in [0.1, 0.15) is 29.6 Å². The second kappa shape index (κ2) is 7.73. The summed E-state index contributed by atoms with van der Waals surface area (Å²) in [6, 6.07) is 9.36. The van der Waals surface area contributed by atoms with Crippen molar-refractivity contribution in [2.75, 3.05) is 30.3 Å². The summed E-state index contributed by atoms with van der Waals surface area (Å²) in [5.41, 5.74) is 7.32. The maximum Gasteiger partial charge on any atom is 0.573 e. The molecular weight excluding hydrogens is 385 g/mol. The number of ether oxygens (including phenoxy) is 2. The molecule has 1 aromatic carbocycles. The number of hydrogen-bond acceptors (Lipinski definition) is 5. The molecule has 0 saturated carbocycles. The van der Waals surface area contributed by atoms with Crippen LogP contribution in [0.5, 0.6) is 11.5 Å². The van der Waals surface area contributed by atoms with E-state index in [-0.39, 0.29) is 5.75 Å². The van der Waals surface area contributed by atoms with Crippen molar-refractivity contribution in [3.8, 4) is 11.5 Å². The molecule has 9 heteroatoms. The molecule has 2 N–H and O–H groups in total. The van der Waals surface area contributed by atoms with Crippen LogP contribution in [0.3, 0.4) is 0 Å². The van der Waals surface area contributed by atoms with Crippen LogP contribution in [-0.4, -0.2) is 35.6 Å². The molecule has 0 unspecified atom stereocenters. The smallest absolute Gasteiger partial charge is 0.492 e. The predicted octanol–water partition coefficient (Wildman–Crippen LogP) is 4.20. The standard InChI is InChI=1S/C20H21F3N4O2/c21-20(22,23)29-17-5-3-16(4-6-17)28-10-9-27-18(26-7-1-2-8-26)12-14-11-15(24)13-25-19(14)27/h3-6,11-13H,1-2,7-10,24H2. The van der Waals surface area contributed by atoms with Gasteiger partial charge in [-0.3, -0.25) is 0 Å². The molecule has 1 saturated heterocycles. The zero-order valence-electron chi connectivity index (χ0n) is 15.7. The summed E-state index contributed by atoms with van der Waals surface area (Å²) in [6.07, 6.45) is -0.771. The zero-order chi connectivity index (χ0) is 20.4. The summed E-state index contributed by atoms with van der Waals surface area (Å²) in [5, 5.41) is 0.973.